The number of aliphatic hydroxyl groups excluding tert-OH is 1. The van der Waals surface area contributed by atoms with Gasteiger partial charge in [-0.15, -0.1) is 0 Å². The molecule has 0 aromatic heterocycles. The van der Waals surface area contributed by atoms with Crippen molar-refractivity contribution >= 4 is 0 Å². The van der Waals surface area contributed by atoms with E-state index < -0.39 is 0 Å². The SMILES string of the molecule is CCOCCOCCCC(C)(CO)NC. The average molecular weight is 219 g/mol. The normalized spacial score (nSPS) is 15.2. The number of ether oxygens (including phenoxy) is 2. The zero-order valence-corrected chi connectivity index (χ0v) is 10.2. The van der Waals surface area contributed by atoms with Crippen molar-refractivity contribution in [2.75, 3.05) is 40.1 Å². The summed E-state index contributed by atoms with van der Waals surface area (Å²) in [6.07, 6.45) is 1.86. The van der Waals surface area contributed by atoms with Gasteiger partial charge in [0.15, 0.2) is 0 Å². The summed E-state index contributed by atoms with van der Waals surface area (Å²) in [6.45, 7) is 6.92. The van der Waals surface area contributed by atoms with Crippen molar-refractivity contribution in [2.24, 2.45) is 0 Å². The summed E-state index contributed by atoms with van der Waals surface area (Å²) >= 11 is 0. The molecule has 0 aliphatic carbocycles. The predicted molar refractivity (Wildman–Crippen MR) is 61.1 cm³/mol. The molecule has 0 saturated carbocycles. The fourth-order valence-electron chi connectivity index (χ4n) is 1.21. The van der Waals surface area contributed by atoms with E-state index in [4.69, 9.17) is 14.6 Å². The summed E-state index contributed by atoms with van der Waals surface area (Å²) in [7, 11) is 1.87. The Morgan fingerprint density at radius 2 is 1.87 bits per heavy atom. The molecule has 0 aromatic carbocycles. The van der Waals surface area contributed by atoms with Crippen LogP contribution in [0.3, 0.4) is 0 Å². The maximum absolute atomic E-state index is 9.13. The minimum absolute atomic E-state index is 0.155. The van der Waals surface area contributed by atoms with Gasteiger partial charge in [-0.3, -0.25) is 0 Å². The molecule has 92 valence electrons. The lowest BCUT2D eigenvalue weighted by molar-refractivity contribution is 0.0477. The number of likely N-dealkylation sites (N-methyl/N-ethyl adjacent to an activating group) is 1. The quantitative estimate of drug-likeness (QED) is 0.533. The van der Waals surface area contributed by atoms with Gasteiger partial charge in [-0.1, -0.05) is 0 Å². The molecule has 0 bridgehead atoms. The van der Waals surface area contributed by atoms with Crippen molar-refractivity contribution in [3.05, 3.63) is 0 Å². The van der Waals surface area contributed by atoms with E-state index in [0.717, 1.165) is 26.1 Å². The Bertz CT molecular complexity index is 138. The lowest BCUT2D eigenvalue weighted by atomic mass is 9.97. The Morgan fingerprint density at radius 1 is 1.20 bits per heavy atom. The molecule has 0 fully saturated rings. The molecule has 0 amide bonds. The molecule has 0 rings (SSSR count). The van der Waals surface area contributed by atoms with Crippen LogP contribution in [-0.4, -0.2) is 50.7 Å². The topological polar surface area (TPSA) is 50.7 Å². The molecule has 0 heterocycles. The van der Waals surface area contributed by atoms with Gasteiger partial charge in [-0.2, -0.15) is 0 Å². The van der Waals surface area contributed by atoms with Crippen molar-refractivity contribution in [1.29, 1.82) is 0 Å². The maximum atomic E-state index is 9.13. The van der Waals surface area contributed by atoms with Crippen LogP contribution in [0.2, 0.25) is 0 Å². The zero-order valence-electron chi connectivity index (χ0n) is 10.2. The molecule has 0 radical (unpaired) electrons. The van der Waals surface area contributed by atoms with Crippen LogP contribution in [0.4, 0.5) is 0 Å². The van der Waals surface area contributed by atoms with E-state index in [2.05, 4.69) is 5.32 Å². The van der Waals surface area contributed by atoms with E-state index in [1.165, 1.54) is 0 Å². The van der Waals surface area contributed by atoms with Crippen LogP contribution < -0.4 is 5.32 Å². The molecular formula is C11H25NO3. The molecule has 0 aliphatic heterocycles. The molecule has 4 nitrogen and oxygen atoms in total. The minimum atomic E-state index is -0.177. The van der Waals surface area contributed by atoms with Gasteiger partial charge < -0.3 is 19.9 Å². The lowest BCUT2D eigenvalue weighted by Crippen LogP contribution is -2.43. The first kappa shape index (κ1) is 14.8. The lowest BCUT2D eigenvalue weighted by Gasteiger charge is -2.26. The number of hydrogen-bond acceptors (Lipinski definition) is 4. The van der Waals surface area contributed by atoms with Gasteiger partial charge >= 0.3 is 0 Å². The second-order valence-electron chi connectivity index (χ2n) is 3.88. The van der Waals surface area contributed by atoms with Crippen LogP contribution in [0.15, 0.2) is 0 Å². The van der Waals surface area contributed by atoms with Gasteiger partial charge in [0.25, 0.3) is 0 Å². The van der Waals surface area contributed by atoms with Crippen molar-refractivity contribution in [3.8, 4) is 0 Å². The largest absolute Gasteiger partial charge is 0.394 e. The third kappa shape index (κ3) is 7.73. The summed E-state index contributed by atoms with van der Waals surface area (Å²) in [5.41, 5.74) is -0.177. The Balaban J connectivity index is 3.29. The zero-order chi connectivity index (χ0) is 11.6. The third-order valence-corrected chi connectivity index (χ3v) is 2.55. The Labute approximate surface area is 93.0 Å². The van der Waals surface area contributed by atoms with Crippen LogP contribution in [0.1, 0.15) is 26.7 Å². The summed E-state index contributed by atoms with van der Waals surface area (Å²) in [6, 6.07) is 0. The molecule has 0 saturated heterocycles. The van der Waals surface area contributed by atoms with E-state index in [-0.39, 0.29) is 12.1 Å². The minimum Gasteiger partial charge on any atom is -0.394 e. The molecule has 0 spiro atoms. The van der Waals surface area contributed by atoms with Gasteiger partial charge in [-0.05, 0) is 33.7 Å². The molecule has 4 heteroatoms. The van der Waals surface area contributed by atoms with Gasteiger partial charge in [0.1, 0.15) is 0 Å². The third-order valence-electron chi connectivity index (χ3n) is 2.55. The molecule has 1 atom stereocenters. The van der Waals surface area contributed by atoms with Crippen LogP contribution in [0.5, 0.6) is 0 Å². The molecule has 15 heavy (non-hydrogen) atoms. The summed E-state index contributed by atoms with van der Waals surface area (Å²) in [4.78, 5) is 0. The highest BCUT2D eigenvalue weighted by Gasteiger charge is 2.19. The number of rotatable bonds is 10. The first-order chi connectivity index (χ1) is 7.18. The van der Waals surface area contributed by atoms with E-state index in [1.54, 1.807) is 0 Å². The molecular weight excluding hydrogens is 194 g/mol. The fraction of sp³-hybridized carbons (Fsp3) is 1.00. The first-order valence-electron chi connectivity index (χ1n) is 5.64. The molecule has 2 N–H and O–H groups in total. The van der Waals surface area contributed by atoms with Crippen molar-refractivity contribution in [2.45, 2.75) is 32.2 Å². The van der Waals surface area contributed by atoms with Crippen molar-refractivity contribution in [3.63, 3.8) is 0 Å². The number of hydrogen-bond donors (Lipinski definition) is 2. The second-order valence-corrected chi connectivity index (χ2v) is 3.88. The van der Waals surface area contributed by atoms with Gasteiger partial charge in [-0.25, -0.2) is 0 Å². The van der Waals surface area contributed by atoms with E-state index >= 15 is 0 Å². The first-order valence-corrected chi connectivity index (χ1v) is 5.64. The van der Waals surface area contributed by atoms with Gasteiger partial charge in [0.05, 0.1) is 19.8 Å². The van der Waals surface area contributed by atoms with E-state index in [0.29, 0.717) is 13.2 Å². The summed E-state index contributed by atoms with van der Waals surface area (Å²) < 4.78 is 10.5. The van der Waals surface area contributed by atoms with Crippen LogP contribution in [0.25, 0.3) is 0 Å². The summed E-state index contributed by atoms with van der Waals surface area (Å²) in [5, 5.41) is 12.2. The highest BCUT2D eigenvalue weighted by Crippen LogP contribution is 2.10. The molecule has 0 aromatic rings. The molecule has 0 aliphatic rings. The summed E-state index contributed by atoms with van der Waals surface area (Å²) in [5.74, 6) is 0. The predicted octanol–water partition coefficient (Wildman–Crippen LogP) is 0.790. The van der Waals surface area contributed by atoms with Crippen molar-refractivity contribution in [1.82, 2.24) is 5.32 Å². The standard InChI is InChI=1S/C11H25NO3/c1-4-14-8-9-15-7-5-6-11(2,10-13)12-3/h12-13H,4-10H2,1-3H3. The second kappa shape index (κ2) is 9.09. The van der Waals surface area contributed by atoms with Crippen LogP contribution >= 0.6 is 0 Å². The Morgan fingerprint density at radius 3 is 2.40 bits per heavy atom. The highest BCUT2D eigenvalue weighted by molar-refractivity contribution is 4.79. The highest BCUT2D eigenvalue weighted by atomic mass is 16.5. The monoisotopic (exact) mass is 219 g/mol. The number of nitrogens with one attached hydrogen (secondary N) is 1. The number of aliphatic hydroxyl groups is 1. The van der Waals surface area contributed by atoms with Crippen LogP contribution in [-0.2, 0) is 9.47 Å². The van der Waals surface area contributed by atoms with E-state index in [1.807, 2.05) is 20.9 Å². The fourth-order valence-corrected chi connectivity index (χ4v) is 1.21. The smallest absolute Gasteiger partial charge is 0.0700 e. The van der Waals surface area contributed by atoms with Gasteiger partial charge in [0, 0.05) is 18.8 Å². The van der Waals surface area contributed by atoms with Crippen LogP contribution in [0, 0.1) is 0 Å². The van der Waals surface area contributed by atoms with Crippen molar-refractivity contribution < 1.29 is 14.6 Å². The maximum Gasteiger partial charge on any atom is 0.0700 e. The average Bonchev–Trinajstić information content (AvgIpc) is 2.27. The molecule has 1 unspecified atom stereocenters. The van der Waals surface area contributed by atoms with Gasteiger partial charge in [0.2, 0.25) is 0 Å². The Hall–Kier alpha value is -0.160. The Kier molecular flexibility index (Phi) is 9.00. The van der Waals surface area contributed by atoms with E-state index in [9.17, 15) is 0 Å².